The fraction of sp³-hybridized carbons (Fsp3) is 0. The van der Waals surface area contributed by atoms with E-state index < -0.39 is 0 Å². The maximum atomic E-state index is 9.16. The van der Waals surface area contributed by atoms with Crippen molar-refractivity contribution in [3.8, 4) is 0 Å². The molecule has 5 heavy (non-hydrogen) atoms. The van der Waals surface area contributed by atoms with Gasteiger partial charge < -0.3 is 5.11 Å². The minimum Gasteiger partial charge on any atom is -0.515 e. The van der Waals surface area contributed by atoms with Gasteiger partial charge in [-0.15, -0.1) is 0 Å². The van der Waals surface area contributed by atoms with Crippen LogP contribution in [-0.2, 0) is 4.79 Å². The summed E-state index contributed by atoms with van der Waals surface area (Å²) in [4.78, 5) is 9.16. The third kappa shape index (κ3) is 3.21. The Labute approximate surface area is 29.7 Å². The first-order valence-electron chi connectivity index (χ1n) is 1.16. The predicted octanol–water partition coefficient (Wildman–Crippen LogP) is 0.257. The molecule has 2 heteroatoms. The van der Waals surface area contributed by atoms with Crippen LogP contribution < -0.4 is 0 Å². The molecule has 0 radical (unpaired) electrons. The fourth-order valence-corrected chi connectivity index (χ4v) is 0.0351. The van der Waals surface area contributed by atoms with Crippen LogP contribution in [-0.4, -0.2) is 11.4 Å². The van der Waals surface area contributed by atoms with Crippen LogP contribution in [0.4, 0.5) is 0 Å². The third-order valence-corrected chi connectivity index (χ3v) is 0.165. The highest BCUT2D eigenvalue weighted by Gasteiger charge is 1.50. The van der Waals surface area contributed by atoms with Gasteiger partial charge >= 0.3 is 0 Å². The molecule has 2 nitrogen and oxygen atoms in total. The predicted molar refractivity (Wildman–Crippen MR) is 17.8 cm³/mol. The number of hydrogen-bond donors (Lipinski definition) is 1. The molecule has 0 rings (SSSR count). The molecule has 0 unspecified atom stereocenters. The molecule has 0 fully saturated rings. The molecular formula is C3H4O2. The maximum Gasteiger partial charge on any atom is 0.145 e. The largest absolute Gasteiger partial charge is 0.515 e. The Morgan fingerprint density at radius 3 is 2.20 bits per heavy atom. The van der Waals surface area contributed by atoms with Crippen molar-refractivity contribution in [1.82, 2.24) is 0 Å². The van der Waals surface area contributed by atoms with Crippen LogP contribution in [0.3, 0.4) is 0 Å². The lowest BCUT2D eigenvalue weighted by Crippen LogP contribution is -1.53. The van der Waals surface area contributed by atoms with Gasteiger partial charge in [-0.1, -0.05) is 0 Å². The smallest absolute Gasteiger partial charge is 0.145 e. The Balaban J connectivity index is 2.92. The lowest BCUT2D eigenvalue weighted by Gasteiger charge is -1.54. The summed E-state index contributed by atoms with van der Waals surface area (Å²) < 4.78 is 0. The van der Waals surface area contributed by atoms with E-state index in [2.05, 4.69) is 0 Å². The lowest BCUT2D eigenvalue weighted by molar-refractivity contribution is -0.104. The van der Waals surface area contributed by atoms with Crippen LogP contribution in [0.25, 0.3) is 0 Å². The Morgan fingerprint density at radius 1 is 1.60 bits per heavy atom. The zero-order chi connectivity index (χ0) is 4.12. The molecule has 0 aliphatic carbocycles. The van der Waals surface area contributed by atoms with E-state index in [9.17, 15) is 0 Å². The number of hydrogen-bond acceptors (Lipinski definition) is 2. The first-order valence-corrected chi connectivity index (χ1v) is 1.16. The normalized spacial score (nSPS) is 8.80. The first-order chi connectivity index (χ1) is 2.41. The number of aliphatic hydroxyl groups excluding tert-OH is 1. The van der Waals surface area contributed by atoms with Gasteiger partial charge in [0, 0.05) is 6.08 Å². The number of aliphatic hydroxyl groups is 1. The Morgan fingerprint density at radius 2 is 2.20 bits per heavy atom. The summed E-state index contributed by atoms with van der Waals surface area (Å²) in [6, 6.07) is 0. The van der Waals surface area contributed by atoms with Crippen LogP contribution >= 0.6 is 0 Å². The number of rotatable bonds is 1. The van der Waals surface area contributed by atoms with E-state index in [4.69, 9.17) is 9.90 Å². The molecule has 0 amide bonds. The highest BCUT2D eigenvalue weighted by Crippen LogP contribution is 1.49. The molecular weight excluding hydrogens is 68.0 g/mol. The van der Waals surface area contributed by atoms with E-state index in [-0.39, 0.29) is 0 Å². The van der Waals surface area contributed by atoms with E-state index in [1.807, 2.05) is 0 Å². The molecule has 0 aliphatic rings. The van der Waals surface area contributed by atoms with Gasteiger partial charge in [0.05, 0.1) is 6.26 Å². The molecule has 0 atom stereocenters. The Bertz CT molecular complexity index is 46.9. The molecule has 0 saturated carbocycles. The van der Waals surface area contributed by atoms with Crippen molar-refractivity contribution in [1.29, 1.82) is 0 Å². The minimum atomic E-state index is 0.500. The van der Waals surface area contributed by atoms with Gasteiger partial charge in [0.2, 0.25) is 0 Å². The molecule has 1 N–H and O–H groups in total. The summed E-state index contributed by atoms with van der Waals surface area (Å²) in [5.41, 5.74) is 0. The van der Waals surface area contributed by atoms with Gasteiger partial charge in [-0.3, -0.25) is 4.79 Å². The standard InChI is InChI=1S/C3H4O2/c4-2-1-3-5/h1-4H/b2-1-. The highest BCUT2D eigenvalue weighted by atomic mass is 16.2. The number of carbonyl (C=O) groups is 1. The molecule has 0 aromatic heterocycles. The average molecular weight is 72.1 g/mol. The van der Waals surface area contributed by atoms with Gasteiger partial charge in [-0.2, -0.15) is 0 Å². The highest BCUT2D eigenvalue weighted by molar-refractivity contribution is 5.63. The Kier molecular flexibility index (Phi) is 2.70. The van der Waals surface area contributed by atoms with Crippen molar-refractivity contribution in [3.05, 3.63) is 12.3 Å². The van der Waals surface area contributed by atoms with Crippen LogP contribution in [0.2, 0.25) is 0 Å². The van der Waals surface area contributed by atoms with Crippen molar-refractivity contribution in [2.45, 2.75) is 0 Å². The monoisotopic (exact) mass is 72.0 g/mol. The second kappa shape index (κ2) is 3.21. The van der Waals surface area contributed by atoms with Crippen molar-refractivity contribution in [2.75, 3.05) is 0 Å². The van der Waals surface area contributed by atoms with Crippen molar-refractivity contribution >= 4 is 6.29 Å². The fourth-order valence-electron chi connectivity index (χ4n) is 0.0351. The number of carbonyl (C=O) groups excluding carboxylic acids is 1. The molecule has 0 aromatic carbocycles. The second-order valence-corrected chi connectivity index (χ2v) is 0.478. The van der Waals surface area contributed by atoms with E-state index >= 15 is 0 Å². The molecule has 0 aliphatic heterocycles. The summed E-state index contributed by atoms with van der Waals surface area (Å²) in [6.07, 6.45) is 2.19. The van der Waals surface area contributed by atoms with Crippen molar-refractivity contribution in [2.24, 2.45) is 0 Å². The SMILES string of the molecule is O=C/C=C\O. The van der Waals surface area contributed by atoms with Gasteiger partial charge in [0.25, 0.3) is 0 Å². The quantitative estimate of drug-likeness (QED) is 0.274. The molecule has 0 aromatic rings. The van der Waals surface area contributed by atoms with E-state index in [0.29, 0.717) is 12.5 Å². The zero-order valence-corrected chi connectivity index (χ0v) is 2.59. The minimum absolute atomic E-state index is 0.500. The van der Waals surface area contributed by atoms with E-state index in [0.717, 1.165) is 6.08 Å². The van der Waals surface area contributed by atoms with Gasteiger partial charge in [0.1, 0.15) is 6.29 Å². The van der Waals surface area contributed by atoms with Gasteiger partial charge in [-0.25, -0.2) is 0 Å². The topological polar surface area (TPSA) is 37.3 Å². The summed E-state index contributed by atoms with van der Waals surface area (Å²) in [5.74, 6) is 0. The van der Waals surface area contributed by atoms with Crippen LogP contribution in [0.15, 0.2) is 12.3 Å². The summed E-state index contributed by atoms with van der Waals surface area (Å²) in [5, 5.41) is 7.65. The number of allylic oxidation sites excluding steroid dienone is 1. The second-order valence-electron chi connectivity index (χ2n) is 0.478. The van der Waals surface area contributed by atoms with Gasteiger partial charge in [0.15, 0.2) is 0 Å². The maximum absolute atomic E-state index is 9.16. The number of aldehydes is 1. The average Bonchev–Trinajstić information content (AvgIpc) is 1.41. The van der Waals surface area contributed by atoms with Gasteiger partial charge in [-0.05, 0) is 0 Å². The van der Waals surface area contributed by atoms with Crippen LogP contribution in [0.1, 0.15) is 0 Å². The molecule has 0 saturated heterocycles. The summed E-state index contributed by atoms with van der Waals surface area (Å²) >= 11 is 0. The molecule has 0 spiro atoms. The molecule has 28 valence electrons. The summed E-state index contributed by atoms with van der Waals surface area (Å²) in [6.45, 7) is 0. The third-order valence-electron chi connectivity index (χ3n) is 0.165. The van der Waals surface area contributed by atoms with E-state index in [1.165, 1.54) is 0 Å². The Hall–Kier alpha value is -0.790. The zero-order valence-electron chi connectivity index (χ0n) is 2.59. The van der Waals surface area contributed by atoms with Crippen molar-refractivity contribution < 1.29 is 9.90 Å². The van der Waals surface area contributed by atoms with E-state index in [1.54, 1.807) is 0 Å². The summed E-state index contributed by atoms with van der Waals surface area (Å²) in [7, 11) is 0. The molecule has 0 heterocycles. The van der Waals surface area contributed by atoms with Crippen molar-refractivity contribution in [3.63, 3.8) is 0 Å². The first kappa shape index (κ1) is 4.21. The molecule has 0 bridgehead atoms. The van der Waals surface area contributed by atoms with Crippen LogP contribution in [0.5, 0.6) is 0 Å². The lowest BCUT2D eigenvalue weighted by atomic mass is 10.7. The van der Waals surface area contributed by atoms with Crippen LogP contribution in [0, 0.1) is 0 Å².